The van der Waals surface area contributed by atoms with E-state index in [9.17, 15) is 9.59 Å². The van der Waals surface area contributed by atoms with E-state index in [1.54, 1.807) is 6.92 Å². The van der Waals surface area contributed by atoms with Gasteiger partial charge in [-0.1, -0.05) is 5.16 Å². The van der Waals surface area contributed by atoms with Crippen LogP contribution in [-0.4, -0.2) is 37.1 Å². The van der Waals surface area contributed by atoms with Gasteiger partial charge in [0.2, 0.25) is 0 Å². The van der Waals surface area contributed by atoms with Crippen molar-refractivity contribution in [1.82, 2.24) is 24.7 Å². The van der Waals surface area contributed by atoms with Crippen LogP contribution in [0, 0.1) is 6.92 Å². The minimum absolute atomic E-state index is 0.0838. The number of likely N-dealkylation sites (tertiary alicyclic amines) is 1. The van der Waals surface area contributed by atoms with Gasteiger partial charge < -0.3 is 9.42 Å². The van der Waals surface area contributed by atoms with E-state index >= 15 is 0 Å². The predicted octanol–water partition coefficient (Wildman–Crippen LogP) is 2.18. The van der Waals surface area contributed by atoms with Crippen LogP contribution in [-0.2, 0) is 12.8 Å². The number of H-pyrrole nitrogens is 1. The van der Waals surface area contributed by atoms with Gasteiger partial charge >= 0.3 is 0 Å². The number of hydrogen-bond donors (Lipinski definition) is 1. The van der Waals surface area contributed by atoms with Crippen LogP contribution in [0.5, 0.6) is 0 Å². The van der Waals surface area contributed by atoms with Crippen molar-refractivity contribution < 1.29 is 9.32 Å². The number of rotatable bonds is 2. The molecule has 4 heterocycles. The fraction of sp³-hybridized carbons (Fsp3) is 0.474. The van der Waals surface area contributed by atoms with Crippen molar-refractivity contribution in [3.63, 3.8) is 0 Å². The molecule has 140 valence electrons. The van der Waals surface area contributed by atoms with Crippen LogP contribution in [0.25, 0.3) is 5.65 Å². The van der Waals surface area contributed by atoms with E-state index in [2.05, 4.69) is 15.2 Å². The molecule has 3 aromatic rings. The third kappa shape index (κ3) is 2.58. The first-order valence-corrected chi connectivity index (χ1v) is 9.49. The third-order valence-electron chi connectivity index (χ3n) is 5.62. The molecule has 1 saturated heterocycles. The molecular weight excluding hydrogens is 346 g/mol. The van der Waals surface area contributed by atoms with Crippen LogP contribution in [0.2, 0.25) is 0 Å². The Morgan fingerprint density at radius 1 is 1.26 bits per heavy atom. The molecule has 0 aromatic carbocycles. The Kier molecular flexibility index (Phi) is 3.66. The summed E-state index contributed by atoms with van der Waals surface area (Å²) in [7, 11) is 0. The van der Waals surface area contributed by atoms with Gasteiger partial charge in [-0.2, -0.15) is 0 Å². The lowest BCUT2D eigenvalue weighted by Crippen LogP contribution is -2.32. The summed E-state index contributed by atoms with van der Waals surface area (Å²) in [6.07, 6.45) is 5.60. The molecule has 3 aromatic heterocycles. The minimum atomic E-state index is -0.148. The van der Waals surface area contributed by atoms with Crippen LogP contribution < -0.4 is 5.56 Å². The molecule has 0 spiro atoms. The second-order valence-corrected chi connectivity index (χ2v) is 7.44. The van der Waals surface area contributed by atoms with E-state index < -0.39 is 0 Å². The van der Waals surface area contributed by atoms with E-state index in [0.717, 1.165) is 55.5 Å². The average Bonchev–Trinajstić information content (AvgIpc) is 3.38. The number of nitrogens with one attached hydrogen (secondary N) is 1. The summed E-state index contributed by atoms with van der Waals surface area (Å²) in [6.45, 7) is 2.47. The van der Waals surface area contributed by atoms with Crippen LogP contribution in [0.15, 0.2) is 21.5 Å². The Labute approximate surface area is 155 Å². The highest BCUT2D eigenvalue weighted by Gasteiger charge is 2.35. The van der Waals surface area contributed by atoms with Crippen LogP contribution in [0.3, 0.4) is 0 Å². The lowest BCUT2D eigenvalue weighted by Gasteiger charge is -2.23. The van der Waals surface area contributed by atoms with Gasteiger partial charge in [-0.3, -0.25) is 14.7 Å². The third-order valence-corrected chi connectivity index (χ3v) is 5.62. The van der Waals surface area contributed by atoms with Crippen molar-refractivity contribution in [2.45, 2.75) is 51.5 Å². The Morgan fingerprint density at radius 2 is 2.11 bits per heavy atom. The van der Waals surface area contributed by atoms with Gasteiger partial charge in [0.15, 0.2) is 11.3 Å². The number of nitrogens with zero attached hydrogens (tertiary/aromatic N) is 4. The quantitative estimate of drug-likeness (QED) is 0.749. The molecule has 0 bridgehead atoms. The highest BCUT2D eigenvalue weighted by molar-refractivity contribution is 5.94. The maximum atomic E-state index is 13.2. The van der Waals surface area contributed by atoms with E-state index in [0.29, 0.717) is 23.6 Å². The van der Waals surface area contributed by atoms with E-state index in [1.165, 1.54) is 10.6 Å². The maximum Gasteiger partial charge on any atom is 0.276 e. The first-order chi connectivity index (χ1) is 13.1. The molecule has 8 heteroatoms. The summed E-state index contributed by atoms with van der Waals surface area (Å²) in [5.74, 6) is 0.775. The normalized spacial score (nSPS) is 19.6. The van der Waals surface area contributed by atoms with Gasteiger partial charge in [-0.15, -0.1) is 0 Å². The number of aromatic nitrogens is 4. The smallest absolute Gasteiger partial charge is 0.276 e. The first-order valence-electron chi connectivity index (χ1n) is 9.49. The second kappa shape index (κ2) is 6.07. The maximum absolute atomic E-state index is 13.2. The molecule has 1 aliphatic carbocycles. The molecule has 2 aliphatic rings. The monoisotopic (exact) mass is 367 g/mol. The molecule has 5 rings (SSSR count). The standard InChI is InChI=1S/C19H21N5O3/c1-11-9-17(25)24-16(20-11)10-13(21-24)14-6-4-8-23(14)19(26)18-12-5-2-3-7-15(12)27-22-18/h9-10,14,21H,2-8H2,1H3. The number of amides is 1. The van der Waals surface area contributed by atoms with Crippen LogP contribution in [0.4, 0.5) is 0 Å². The summed E-state index contributed by atoms with van der Waals surface area (Å²) in [5.41, 5.74) is 3.37. The van der Waals surface area contributed by atoms with Crippen molar-refractivity contribution in [3.8, 4) is 0 Å². The highest BCUT2D eigenvalue weighted by atomic mass is 16.5. The molecule has 1 amide bonds. The Bertz CT molecular complexity index is 1090. The van der Waals surface area contributed by atoms with Gasteiger partial charge in [0, 0.05) is 36.4 Å². The molecule has 1 atom stereocenters. The Balaban J connectivity index is 1.50. The Hall–Kier alpha value is -2.90. The highest BCUT2D eigenvalue weighted by Crippen LogP contribution is 2.34. The molecule has 27 heavy (non-hydrogen) atoms. The number of aryl methyl sites for hydroxylation is 2. The van der Waals surface area contributed by atoms with Gasteiger partial charge in [0.05, 0.1) is 11.7 Å². The summed E-state index contributed by atoms with van der Waals surface area (Å²) >= 11 is 0. The van der Waals surface area contributed by atoms with Crippen molar-refractivity contribution >= 4 is 11.6 Å². The number of aromatic amines is 1. The zero-order valence-electron chi connectivity index (χ0n) is 15.2. The number of carbonyl (C=O) groups is 1. The Morgan fingerprint density at radius 3 is 3.00 bits per heavy atom. The predicted molar refractivity (Wildman–Crippen MR) is 96.7 cm³/mol. The van der Waals surface area contributed by atoms with Crippen LogP contribution >= 0.6 is 0 Å². The van der Waals surface area contributed by atoms with Gasteiger partial charge in [0.1, 0.15) is 5.76 Å². The molecule has 1 unspecified atom stereocenters. The SMILES string of the molecule is Cc1cc(=O)n2[nH]c(C3CCCN3C(=O)c3noc4c3CCCC4)cc2n1. The number of fused-ring (bicyclic) bond motifs is 2. The van der Waals surface area contributed by atoms with Crippen molar-refractivity contribution in [2.75, 3.05) is 6.54 Å². The lowest BCUT2D eigenvalue weighted by atomic mass is 9.96. The molecule has 1 aliphatic heterocycles. The summed E-state index contributed by atoms with van der Waals surface area (Å²) in [6, 6.07) is 3.24. The van der Waals surface area contributed by atoms with Crippen molar-refractivity contribution in [2.24, 2.45) is 0 Å². The number of hydrogen-bond acceptors (Lipinski definition) is 5. The van der Waals surface area contributed by atoms with Gasteiger partial charge in [-0.05, 0) is 39.0 Å². The van der Waals surface area contributed by atoms with E-state index in [-0.39, 0.29) is 17.5 Å². The molecule has 8 nitrogen and oxygen atoms in total. The van der Waals surface area contributed by atoms with E-state index in [1.807, 2.05) is 11.0 Å². The molecule has 0 saturated carbocycles. The van der Waals surface area contributed by atoms with Crippen LogP contribution in [0.1, 0.15) is 64.9 Å². The summed E-state index contributed by atoms with van der Waals surface area (Å²) in [5, 5.41) is 7.22. The molecular formula is C19H21N5O3. The second-order valence-electron chi connectivity index (χ2n) is 7.44. The molecule has 0 radical (unpaired) electrons. The fourth-order valence-corrected chi connectivity index (χ4v) is 4.32. The van der Waals surface area contributed by atoms with Crippen molar-refractivity contribution in [3.05, 3.63) is 50.9 Å². The largest absolute Gasteiger partial charge is 0.360 e. The first kappa shape index (κ1) is 16.3. The summed E-state index contributed by atoms with van der Waals surface area (Å²) in [4.78, 5) is 31.6. The molecule has 1 N–H and O–H groups in total. The molecule has 1 fully saturated rings. The fourth-order valence-electron chi connectivity index (χ4n) is 4.32. The van der Waals surface area contributed by atoms with Crippen molar-refractivity contribution in [1.29, 1.82) is 0 Å². The van der Waals surface area contributed by atoms with Gasteiger partial charge in [-0.25, -0.2) is 9.50 Å². The number of carbonyl (C=O) groups excluding carboxylic acids is 1. The van der Waals surface area contributed by atoms with Gasteiger partial charge in [0.25, 0.3) is 11.5 Å². The topological polar surface area (TPSA) is 96.5 Å². The summed E-state index contributed by atoms with van der Waals surface area (Å²) < 4.78 is 6.86. The van der Waals surface area contributed by atoms with E-state index in [4.69, 9.17) is 4.52 Å². The minimum Gasteiger partial charge on any atom is -0.360 e. The lowest BCUT2D eigenvalue weighted by molar-refractivity contribution is 0.0721. The zero-order chi connectivity index (χ0) is 18.5. The average molecular weight is 367 g/mol. The zero-order valence-corrected chi connectivity index (χ0v) is 15.2.